The van der Waals surface area contributed by atoms with E-state index in [0.717, 1.165) is 12.2 Å². The highest BCUT2D eigenvalue weighted by atomic mass is 32.2. The molecule has 0 aromatic heterocycles. The first-order valence-corrected chi connectivity index (χ1v) is 8.41. The summed E-state index contributed by atoms with van der Waals surface area (Å²) in [6, 6.07) is 4.87. The Balaban J connectivity index is 2.09. The summed E-state index contributed by atoms with van der Waals surface area (Å²) in [7, 11) is -0.398. The Hall–Kier alpha value is -1.27. The number of rotatable bonds is 5. The minimum absolute atomic E-state index is 0.228. The van der Waals surface area contributed by atoms with Crippen molar-refractivity contribution in [1.82, 2.24) is 4.31 Å². The van der Waals surface area contributed by atoms with Crippen molar-refractivity contribution in [1.29, 1.82) is 0 Å². The van der Waals surface area contributed by atoms with Gasteiger partial charge in [0.05, 0.1) is 16.3 Å². The third kappa shape index (κ3) is 3.24. The highest BCUT2D eigenvalue weighted by molar-refractivity contribution is 7.89. The molecule has 112 valence electrons. The molecular formula is C14H23N3O2S. The van der Waals surface area contributed by atoms with Gasteiger partial charge in [-0.25, -0.2) is 12.7 Å². The van der Waals surface area contributed by atoms with Crippen LogP contribution < -0.4 is 11.1 Å². The number of nitrogens with one attached hydrogen (secondary N) is 1. The molecule has 0 heterocycles. The highest BCUT2D eigenvalue weighted by Crippen LogP contribution is 2.27. The molecule has 1 aliphatic carbocycles. The van der Waals surface area contributed by atoms with Gasteiger partial charge >= 0.3 is 0 Å². The zero-order valence-electron chi connectivity index (χ0n) is 12.1. The fourth-order valence-electron chi connectivity index (χ4n) is 2.54. The summed E-state index contributed by atoms with van der Waals surface area (Å²) in [6.45, 7) is 0.907. The number of nitrogens with zero attached hydrogens (tertiary/aromatic N) is 1. The molecule has 1 aromatic carbocycles. The van der Waals surface area contributed by atoms with Gasteiger partial charge in [0, 0.05) is 20.6 Å². The van der Waals surface area contributed by atoms with E-state index < -0.39 is 10.0 Å². The number of nitrogens with two attached hydrogens (primary N) is 1. The second-order valence-corrected chi connectivity index (χ2v) is 7.72. The summed E-state index contributed by atoms with van der Waals surface area (Å²) in [5.41, 5.74) is 7.25. The van der Waals surface area contributed by atoms with E-state index >= 15 is 0 Å². The molecular weight excluding hydrogens is 274 g/mol. The number of sulfonamides is 1. The van der Waals surface area contributed by atoms with Crippen molar-refractivity contribution in [3.05, 3.63) is 18.2 Å². The smallest absolute Gasteiger partial charge is 0.242 e. The van der Waals surface area contributed by atoms with Crippen molar-refractivity contribution in [2.24, 2.45) is 5.92 Å². The summed E-state index contributed by atoms with van der Waals surface area (Å²) < 4.78 is 25.2. The maximum Gasteiger partial charge on any atom is 0.242 e. The minimum Gasteiger partial charge on any atom is -0.397 e. The molecule has 3 N–H and O–H groups in total. The molecule has 1 fully saturated rings. The number of nitrogen functional groups attached to an aromatic ring is 1. The molecule has 0 saturated heterocycles. The monoisotopic (exact) mass is 297 g/mol. The van der Waals surface area contributed by atoms with Gasteiger partial charge in [-0.15, -0.1) is 0 Å². The van der Waals surface area contributed by atoms with Gasteiger partial charge in [0.25, 0.3) is 0 Å². The number of hydrogen-bond donors (Lipinski definition) is 2. The molecule has 0 radical (unpaired) electrons. The van der Waals surface area contributed by atoms with Gasteiger partial charge in [-0.05, 0) is 37.0 Å². The van der Waals surface area contributed by atoms with Crippen LogP contribution in [0, 0.1) is 5.92 Å². The van der Waals surface area contributed by atoms with Crippen LogP contribution in [0.3, 0.4) is 0 Å². The van der Waals surface area contributed by atoms with Gasteiger partial charge in [0.1, 0.15) is 0 Å². The molecule has 0 unspecified atom stereocenters. The first-order valence-electron chi connectivity index (χ1n) is 6.97. The van der Waals surface area contributed by atoms with E-state index in [1.807, 2.05) is 0 Å². The molecule has 20 heavy (non-hydrogen) atoms. The molecule has 5 nitrogen and oxygen atoms in total. The summed E-state index contributed by atoms with van der Waals surface area (Å²) >= 11 is 0. The van der Waals surface area contributed by atoms with Crippen molar-refractivity contribution in [3.63, 3.8) is 0 Å². The Morgan fingerprint density at radius 3 is 2.50 bits per heavy atom. The van der Waals surface area contributed by atoms with Gasteiger partial charge in [0.2, 0.25) is 10.0 Å². The van der Waals surface area contributed by atoms with E-state index in [0.29, 0.717) is 11.6 Å². The predicted octanol–water partition coefficient (Wildman–Crippen LogP) is 2.12. The fourth-order valence-corrected chi connectivity index (χ4v) is 3.48. The lowest BCUT2D eigenvalue weighted by Gasteiger charge is -2.16. The molecule has 0 amide bonds. The summed E-state index contributed by atoms with van der Waals surface area (Å²) in [6.07, 6.45) is 5.14. The van der Waals surface area contributed by atoms with Gasteiger partial charge in [-0.3, -0.25) is 0 Å². The van der Waals surface area contributed by atoms with Crippen LogP contribution >= 0.6 is 0 Å². The zero-order valence-corrected chi connectivity index (χ0v) is 12.9. The molecule has 2 rings (SSSR count). The van der Waals surface area contributed by atoms with Crippen LogP contribution in [0.5, 0.6) is 0 Å². The molecule has 1 saturated carbocycles. The summed E-state index contributed by atoms with van der Waals surface area (Å²) in [5, 5.41) is 3.33. The van der Waals surface area contributed by atoms with E-state index in [1.165, 1.54) is 50.2 Å². The molecule has 6 heteroatoms. The SMILES string of the molecule is CN(C)S(=O)(=O)c1ccc(NCC2CCCC2)c(N)c1. The van der Waals surface area contributed by atoms with Crippen molar-refractivity contribution in [2.45, 2.75) is 30.6 Å². The zero-order chi connectivity index (χ0) is 14.8. The average molecular weight is 297 g/mol. The Morgan fingerprint density at radius 1 is 1.30 bits per heavy atom. The predicted molar refractivity (Wildman–Crippen MR) is 82.2 cm³/mol. The number of anilines is 2. The maximum absolute atomic E-state index is 12.0. The van der Waals surface area contributed by atoms with E-state index in [4.69, 9.17) is 5.73 Å². The minimum atomic E-state index is -3.42. The number of benzene rings is 1. The second kappa shape index (κ2) is 6.01. The maximum atomic E-state index is 12.0. The Bertz CT molecular complexity index is 564. The van der Waals surface area contributed by atoms with Crippen molar-refractivity contribution in [3.8, 4) is 0 Å². The summed E-state index contributed by atoms with van der Waals surface area (Å²) in [5.74, 6) is 0.708. The Labute approximate surface area is 121 Å². The lowest BCUT2D eigenvalue weighted by molar-refractivity contribution is 0.521. The van der Waals surface area contributed by atoms with Crippen LogP contribution in [-0.2, 0) is 10.0 Å². The van der Waals surface area contributed by atoms with E-state index in [9.17, 15) is 8.42 Å². The van der Waals surface area contributed by atoms with E-state index in [2.05, 4.69) is 5.32 Å². The highest BCUT2D eigenvalue weighted by Gasteiger charge is 2.19. The van der Waals surface area contributed by atoms with Crippen LogP contribution in [0.1, 0.15) is 25.7 Å². The van der Waals surface area contributed by atoms with Crippen molar-refractivity contribution < 1.29 is 8.42 Å². The molecule has 0 spiro atoms. The third-order valence-corrected chi connectivity index (χ3v) is 5.67. The van der Waals surface area contributed by atoms with Gasteiger partial charge < -0.3 is 11.1 Å². The quantitative estimate of drug-likeness (QED) is 0.816. The molecule has 1 aliphatic rings. The van der Waals surface area contributed by atoms with Crippen molar-refractivity contribution >= 4 is 21.4 Å². The molecule has 0 aliphatic heterocycles. The van der Waals surface area contributed by atoms with Crippen LogP contribution in [-0.4, -0.2) is 33.4 Å². The van der Waals surface area contributed by atoms with Crippen LogP contribution in [0.25, 0.3) is 0 Å². The number of hydrogen-bond acceptors (Lipinski definition) is 4. The normalized spacial score (nSPS) is 16.8. The second-order valence-electron chi connectivity index (χ2n) is 5.57. The fraction of sp³-hybridized carbons (Fsp3) is 0.571. The Kier molecular flexibility index (Phi) is 4.55. The molecule has 1 aromatic rings. The Morgan fingerprint density at radius 2 is 1.95 bits per heavy atom. The van der Waals surface area contributed by atoms with Gasteiger partial charge in [0.15, 0.2) is 0 Å². The average Bonchev–Trinajstić information content (AvgIpc) is 2.90. The molecule has 0 atom stereocenters. The van der Waals surface area contributed by atoms with Crippen LogP contribution in [0.4, 0.5) is 11.4 Å². The standard InChI is InChI=1S/C14H23N3O2S/c1-17(2)20(18,19)12-7-8-14(13(15)9-12)16-10-11-5-3-4-6-11/h7-9,11,16H,3-6,10,15H2,1-2H3. The van der Waals surface area contributed by atoms with Gasteiger partial charge in [-0.2, -0.15) is 0 Å². The van der Waals surface area contributed by atoms with E-state index in [-0.39, 0.29) is 4.90 Å². The van der Waals surface area contributed by atoms with Crippen LogP contribution in [0.2, 0.25) is 0 Å². The van der Waals surface area contributed by atoms with E-state index in [1.54, 1.807) is 12.1 Å². The van der Waals surface area contributed by atoms with Crippen LogP contribution in [0.15, 0.2) is 23.1 Å². The first-order chi connectivity index (χ1) is 9.41. The topological polar surface area (TPSA) is 75.4 Å². The van der Waals surface area contributed by atoms with Crippen molar-refractivity contribution in [2.75, 3.05) is 31.7 Å². The molecule has 0 bridgehead atoms. The first kappa shape index (κ1) is 15.1. The lowest BCUT2D eigenvalue weighted by Crippen LogP contribution is -2.22. The van der Waals surface area contributed by atoms with Gasteiger partial charge in [-0.1, -0.05) is 12.8 Å². The largest absolute Gasteiger partial charge is 0.397 e. The summed E-state index contributed by atoms with van der Waals surface area (Å²) in [4.78, 5) is 0.228. The lowest BCUT2D eigenvalue weighted by atomic mass is 10.1. The third-order valence-electron chi connectivity index (χ3n) is 3.86.